The quantitative estimate of drug-likeness (QED) is 0.220. The number of hydrogen-bond acceptors (Lipinski definition) is 11. The molecule has 7 aliphatic rings. The Morgan fingerprint density at radius 2 is 1.26 bits per heavy atom. The van der Waals surface area contributed by atoms with E-state index < -0.39 is 161 Å². The van der Waals surface area contributed by atoms with Gasteiger partial charge in [0.1, 0.15) is 53.9 Å². The van der Waals surface area contributed by atoms with Gasteiger partial charge in [-0.2, -0.15) is 13.2 Å². The van der Waals surface area contributed by atoms with Gasteiger partial charge in [0.15, 0.2) is 0 Å². The molecule has 11 amide bonds. The molecule has 0 aromatic rings. The lowest BCUT2D eigenvalue weighted by atomic mass is 9.78. The van der Waals surface area contributed by atoms with E-state index in [1.807, 2.05) is 6.92 Å². The van der Waals surface area contributed by atoms with Crippen molar-refractivity contribution in [2.24, 2.45) is 35.5 Å². The van der Waals surface area contributed by atoms with E-state index in [0.717, 1.165) is 32.1 Å². The van der Waals surface area contributed by atoms with E-state index in [9.17, 15) is 56.3 Å². The maximum atomic E-state index is 15.1. The second kappa shape index (κ2) is 31.0. The third-order valence-corrected chi connectivity index (χ3v) is 21.8. The first-order chi connectivity index (χ1) is 42.8. The third kappa shape index (κ3) is 17.2. The first kappa shape index (κ1) is 72.7. The topological polar surface area (TPSA) is 259 Å². The van der Waals surface area contributed by atoms with Crippen LogP contribution >= 0.6 is 11.6 Å². The summed E-state index contributed by atoms with van der Waals surface area (Å²) >= 11 is 6.37. The SMILES string of the molecule is CC[C@H](C)[C@@H]1NC(=O)[C@H](C2CC2)N(C)C(=O)C[C@@H](C)NC(=O)[C@H](C(C)C)N(C)C(=O)C2(CCCC2)NC(=O)[C@@H]2CCCN2C(=O)[C@H](CCC2CCC(C(F)(F)F)C(Cl)C2)NC(=O)CN(C)C(=O)[C@H](CC2CCCCC2)N(C)C(=O)[C@@H]2CCN2C(=O)[C@H](C)N(C)C1=O. The minimum Gasteiger partial charge on any atom is -0.351 e. The summed E-state index contributed by atoms with van der Waals surface area (Å²) in [5.74, 6) is -9.28. The van der Waals surface area contributed by atoms with Crippen LogP contribution in [0.1, 0.15) is 183 Å². The molecule has 3 heterocycles. The molecule has 0 radical (unpaired) electrons. The number of amides is 11. The predicted octanol–water partition coefficient (Wildman–Crippen LogP) is 5.12. The van der Waals surface area contributed by atoms with E-state index in [2.05, 4.69) is 21.3 Å². The van der Waals surface area contributed by atoms with Crippen LogP contribution in [0.5, 0.6) is 0 Å². The van der Waals surface area contributed by atoms with Gasteiger partial charge in [-0.3, -0.25) is 52.7 Å². The van der Waals surface area contributed by atoms with Crippen LogP contribution in [0.4, 0.5) is 13.2 Å². The van der Waals surface area contributed by atoms with Gasteiger partial charge in [0.2, 0.25) is 65.0 Å². The fraction of sp³-hybridized carbons (Fsp3) is 0.831. The minimum atomic E-state index is -4.49. The molecule has 4 aliphatic carbocycles. The van der Waals surface area contributed by atoms with Gasteiger partial charge in [0, 0.05) is 66.2 Å². The summed E-state index contributed by atoms with van der Waals surface area (Å²) in [7, 11) is 7.39. The Labute approximate surface area is 540 Å². The van der Waals surface area contributed by atoms with E-state index in [4.69, 9.17) is 11.6 Å². The fourth-order valence-electron chi connectivity index (χ4n) is 15.1. The number of hydrogen-bond donors (Lipinski definition) is 4. The second-order valence-electron chi connectivity index (χ2n) is 28.2. The Morgan fingerprint density at radius 3 is 1.85 bits per heavy atom. The van der Waals surface area contributed by atoms with Crippen molar-refractivity contribution in [3.63, 3.8) is 0 Å². The van der Waals surface area contributed by atoms with E-state index in [1.165, 1.54) is 69.5 Å². The minimum absolute atomic E-state index is 0.0182. The molecule has 26 heteroatoms. The van der Waals surface area contributed by atoms with E-state index in [-0.39, 0.29) is 101 Å². The van der Waals surface area contributed by atoms with E-state index >= 15 is 9.59 Å². The van der Waals surface area contributed by atoms with Crippen LogP contribution in [0.25, 0.3) is 0 Å². The van der Waals surface area contributed by atoms with Gasteiger partial charge in [-0.05, 0) is 127 Å². The molecule has 0 bridgehead atoms. The lowest BCUT2D eigenvalue weighted by Gasteiger charge is -2.45. The third-order valence-electron chi connectivity index (χ3n) is 21.3. The summed E-state index contributed by atoms with van der Waals surface area (Å²) in [4.78, 5) is 170. The summed E-state index contributed by atoms with van der Waals surface area (Å²) in [6, 6.07) is -9.51. The highest BCUT2D eigenvalue weighted by molar-refractivity contribution is 6.20. The number of carbonyl (C=O) groups excluding carboxylic acids is 11. The molecule has 4 N–H and O–H groups in total. The zero-order valence-corrected chi connectivity index (χ0v) is 56.3. The highest BCUT2D eigenvalue weighted by Gasteiger charge is 2.52. The Kier molecular flexibility index (Phi) is 24.8. The van der Waals surface area contributed by atoms with Crippen molar-refractivity contribution in [2.75, 3.05) is 54.9 Å². The predicted molar refractivity (Wildman–Crippen MR) is 334 cm³/mol. The smallest absolute Gasteiger partial charge is 0.351 e. The number of carbonyl (C=O) groups is 11. The molecule has 13 atom stereocenters. The summed E-state index contributed by atoms with van der Waals surface area (Å²) in [5.41, 5.74) is -1.47. The molecule has 7 rings (SSSR count). The zero-order valence-electron chi connectivity index (χ0n) is 55.5. The molecule has 3 saturated heterocycles. The Morgan fingerprint density at radius 1 is 0.615 bits per heavy atom. The maximum absolute atomic E-state index is 15.1. The van der Waals surface area contributed by atoms with Crippen LogP contribution in [0.3, 0.4) is 0 Å². The monoisotopic (exact) mass is 1310 g/mol. The first-order valence-electron chi connectivity index (χ1n) is 33.7. The molecular weight excluding hydrogens is 1200 g/mol. The fourth-order valence-corrected chi connectivity index (χ4v) is 15.6. The standard InChI is InChI=1S/C65H103ClF3N11O11/c1-12-38(4)52-62(90)75(8)40(6)58(86)80-32-28-48(80)61(89)76(9)49(35-41-19-14-13-15-20-41)60(88)74(7)36-50(81)71-46(27-23-42-22-26-44(45(66)34-42)65(67,68)69)59(87)79-31-18-21-47(79)55(83)73-64(29-16-17-30-64)63(91)78(11)53(37(2)3)56(84)70-39(5)33-51(82)77(10)54(43-24-25-43)57(85)72-52/h37-49,52-54H,12-36H2,1-11H3,(H,70,84)(H,71,81)(H,72,85)(H,73,83)/t38-,39+,40-,42?,44?,45?,46-,47-,48-,49-,52-,53-,54-/m0/s1. The van der Waals surface area contributed by atoms with Gasteiger partial charge in [0.05, 0.1) is 12.5 Å². The average Bonchev–Trinajstić information content (AvgIpc) is 2.18. The maximum Gasteiger partial charge on any atom is 0.393 e. The van der Waals surface area contributed by atoms with Crippen LogP contribution in [-0.4, -0.2) is 226 Å². The molecule has 0 aromatic heterocycles. The molecule has 4 saturated carbocycles. The number of halogens is 4. The van der Waals surface area contributed by atoms with Gasteiger partial charge in [-0.1, -0.05) is 79.1 Å². The van der Waals surface area contributed by atoms with Crippen molar-refractivity contribution in [3.8, 4) is 0 Å². The van der Waals surface area contributed by atoms with Crippen molar-refractivity contribution >= 4 is 76.6 Å². The molecule has 3 unspecified atom stereocenters. The number of nitrogens with one attached hydrogen (secondary N) is 4. The number of rotatable bonds is 9. The van der Waals surface area contributed by atoms with Crippen molar-refractivity contribution in [3.05, 3.63) is 0 Å². The summed E-state index contributed by atoms with van der Waals surface area (Å²) in [6.45, 7) is 10.1. The van der Waals surface area contributed by atoms with Crippen LogP contribution in [-0.2, 0) is 52.7 Å². The van der Waals surface area contributed by atoms with Crippen molar-refractivity contribution < 1.29 is 65.9 Å². The number of nitrogens with zero attached hydrogens (tertiary/aromatic N) is 7. The number of fused-ring (bicyclic) bond motifs is 2. The van der Waals surface area contributed by atoms with Crippen molar-refractivity contribution in [2.45, 2.75) is 254 Å². The first-order valence-corrected chi connectivity index (χ1v) is 34.1. The van der Waals surface area contributed by atoms with Gasteiger partial charge in [-0.15, -0.1) is 11.6 Å². The molecule has 512 valence electrons. The Hall–Kier alpha value is -5.75. The van der Waals surface area contributed by atoms with Gasteiger partial charge in [0.25, 0.3) is 0 Å². The lowest BCUT2D eigenvalue weighted by Crippen LogP contribution is -2.65. The highest BCUT2D eigenvalue weighted by Crippen LogP contribution is 2.44. The van der Waals surface area contributed by atoms with Crippen LogP contribution < -0.4 is 21.3 Å². The number of likely N-dealkylation sites (N-methyl/N-ethyl adjacent to an activating group) is 5. The van der Waals surface area contributed by atoms with Gasteiger partial charge in [-0.25, -0.2) is 0 Å². The molecule has 0 aromatic carbocycles. The van der Waals surface area contributed by atoms with Crippen LogP contribution in [0, 0.1) is 35.5 Å². The van der Waals surface area contributed by atoms with Gasteiger partial charge >= 0.3 is 6.18 Å². The highest BCUT2D eigenvalue weighted by atomic mass is 35.5. The normalized spacial score (nSPS) is 32.5. The zero-order chi connectivity index (χ0) is 67.1. The van der Waals surface area contributed by atoms with Crippen LogP contribution in [0.2, 0.25) is 0 Å². The lowest BCUT2D eigenvalue weighted by molar-refractivity contribution is -0.182. The second-order valence-corrected chi connectivity index (χ2v) is 28.8. The summed E-state index contributed by atoms with van der Waals surface area (Å²) in [5, 5.41) is 10.5. The molecule has 22 nitrogen and oxygen atoms in total. The number of alkyl halides is 4. The average molecular weight is 1310 g/mol. The summed E-state index contributed by atoms with van der Waals surface area (Å²) in [6.07, 6.45) is 4.40. The molecular formula is C65H103ClF3N11O11. The van der Waals surface area contributed by atoms with Crippen LogP contribution in [0.15, 0.2) is 0 Å². The van der Waals surface area contributed by atoms with E-state index in [1.54, 1.807) is 34.6 Å². The van der Waals surface area contributed by atoms with Gasteiger partial charge < -0.3 is 55.6 Å². The van der Waals surface area contributed by atoms with Crippen molar-refractivity contribution in [1.29, 1.82) is 0 Å². The summed E-state index contributed by atoms with van der Waals surface area (Å²) < 4.78 is 41.8. The molecule has 3 aliphatic heterocycles. The van der Waals surface area contributed by atoms with E-state index in [0.29, 0.717) is 38.5 Å². The largest absolute Gasteiger partial charge is 0.393 e. The molecule has 1 spiro atoms. The molecule has 7 fully saturated rings. The van der Waals surface area contributed by atoms with Crippen molar-refractivity contribution in [1.82, 2.24) is 55.6 Å². The molecule has 91 heavy (non-hydrogen) atoms. The Bertz CT molecular complexity index is 2670. The Balaban J connectivity index is 1.21.